The van der Waals surface area contributed by atoms with Crippen LogP contribution in [0.5, 0.6) is 0 Å². The second kappa shape index (κ2) is 4.99. The van der Waals surface area contributed by atoms with Crippen LogP contribution in [0.4, 0.5) is 0 Å². The molecule has 1 aliphatic rings. The van der Waals surface area contributed by atoms with Crippen LogP contribution in [0.15, 0.2) is 0 Å². The largest absolute Gasteiger partial charge is 0.311 e. The third-order valence-electron chi connectivity index (χ3n) is 3.63. The van der Waals surface area contributed by atoms with E-state index in [1.54, 1.807) is 0 Å². The van der Waals surface area contributed by atoms with Gasteiger partial charge in [0.1, 0.15) is 0 Å². The molecule has 0 spiro atoms. The second-order valence-electron chi connectivity index (χ2n) is 5.03. The van der Waals surface area contributed by atoms with Crippen LogP contribution in [-0.2, 0) is 0 Å². The van der Waals surface area contributed by atoms with Crippen LogP contribution in [0.2, 0.25) is 0 Å². The van der Waals surface area contributed by atoms with Gasteiger partial charge in [-0.3, -0.25) is 0 Å². The first-order valence-corrected chi connectivity index (χ1v) is 5.87. The molecule has 1 saturated carbocycles. The van der Waals surface area contributed by atoms with Crippen LogP contribution < -0.4 is 5.32 Å². The Balaban J connectivity index is 2.26. The molecule has 0 aromatic carbocycles. The van der Waals surface area contributed by atoms with Crippen molar-refractivity contribution < 1.29 is 0 Å². The highest BCUT2D eigenvalue weighted by molar-refractivity contribution is 4.80. The molecule has 0 radical (unpaired) electrons. The van der Waals surface area contributed by atoms with Gasteiger partial charge in [-0.1, -0.05) is 26.7 Å². The first-order valence-electron chi connectivity index (χ1n) is 5.87. The quantitative estimate of drug-likeness (QED) is 0.706. The van der Waals surface area contributed by atoms with Crippen molar-refractivity contribution in [2.75, 3.05) is 0 Å². The van der Waals surface area contributed by atoms with E-state index in [2.05, 4.69) is 33.0 Å². The zero-order chi connectivity index (χ0) is 9.84. The fourth-order valence-electron chi connectivity index (χ4n) is 2.20. The first-order chi connectivity index (χ1) is 6.11. The van der Waals surface area contributed by atoms with Crippen molar-refractivity contribution in [2.24, 2.45) is 11.8 Å². The number of nitrogens with one attached hydrogen (secondary N) is 1. The summed E-state index contributed by atoms with van der Waals surface area (Å²) in [5.41, 5.74) is 0. The maximum absolute atomic E-state index is 3.72. The average Bonchev–Trinajstić information content (AvgIpc) is 2.55. The van der Waals surface area contributed by atoms with Crippen LogP contribution in [0, 0.1) is 11.8 Å². The van der Waals surface area contributed by atoms with E-state index in [0.717, 1.165) is 17.9 Å². The van der Waals surface area contributed by atoms with Crippen molar-refractivity contribution in [1.29, 1.82) is 0 Å². The van der Waals surface area contributed by atoms with E-state index in [9.17, 15) is 0 Å². The van der Waals surface area contributed by atoms with Crippen molar-refractivity contribution in [2.45, 2.75) is 65.5 Å². The predicted octanol–water partition coefficient (Wildman–Crippen LogP) is 3.20. The number of rotatable bonds is 4. The predicted molar refractivity (Wildman–Crippen MR) is 58.9 cm³/mol. The highest BCUT2D eigenvalue weighted by atomic mass is 14.9. The zero-order valence-corrected chi connectivity index (χ0v) is 9.64. The van der Waals surface area contributed by atoms with Crippen LogP contribution in [0.25, 0.3) is 0 Å². The summed E-state index contributed by atoms with van der Waals surface area (Å²) in [6.07, 6.45) is 5.79. The second-order valence-corrected chi connectivity index (χ2v) is 5.03. The maximum Gasteiger partial charge on any atom is 0.00695 e. The Kier molecular flexibility index (Phi) is 4.24. The van der Waals surface area contributed by atoms with E-state index in [1.807, 2.05) is 0 Å². The molecule has 1 nitrogen and oxygen atoms in total. The van der Waals surface area contributed by atoms with Crippen molar-refractivity contribution >= 4 is 0 Å². The highest BCUT2D eigenvalue weighted by Gasteiger charge is 2.22. The lowest BCUT2D eigenvalue weighted by molar-refractivity contribution is 0.312. The van der Waals surface area contributed by atoms with Gasteiger partial charge in [-0.2, -0.15) is 0 Å². The minimum atomic E-state index is 0.663. The van der Waals surface area contributed by atoms with Crippen LogP contribution in [0.3, 0.4) is 0 Å². The summed E-state index contributed by atoms with van der Waals surface area (Å²) in [6.45, 7) is 9.24. The van der Waals surface area contributed by atoms with Gasteiger partial charge in [-0.05, 0) is 38.5 Å². The lowest BCUT2D eigenvalue weighted by Crippen LogP contribution is -2.41. The summed E-state index contributed by atoms with van der Waals surface area (Å²) in [4.78, 5) is 0. The molecule has 1 aliphatic carbocycles. The molecule has 1 N–H and O–H groups in total. The smallest absolute Gasteiger partial charge is 0.00695 e. The standard InChI is InChI=1S/C12H25N/c1-9(2)10(3)13-11(4)12-7-5-6-8-12/h9-13H,5-8H2,1-4H3/t10?,11-/m1/s1. The Morgan fingerprint density at radius 2 is 1.54 bits per heavy atom. The normalized spacial score (nSPS) is 23.8. The van der Waals surface area contributed by atoms with E-state index in [0.29, 0.717) is 6.04 Å². The lowest BCUT2D eigenvalue weighted by Gasteiger charge is -2.26. The number of hydrogen-bond donors (Lipinski definition) is 1. The highest BCUT2D eigenvalue weighted by Crippen LogP contribution is 2.27. The molecule has 1 rings (SSSR count). The summed E-state index contributed by atoms with van der Waals surface area (Å²) < 4.78 is 0. The Labute approximate surface area is 83.3 Å². The summed E-state index contributed by atoms with van der Waals surface area (Å²) in [6, 6.07) is 1.38. The van der Waals surface area contributed by atoms with Crippen molar-refractivity contribution in [1.82, 2.24) is 5.32 Å². The molecule has 78 valence electrons. The molecule has 1 unspecified atom stereocenters. The van der Waals surface area contributed by atoms with Gasteiger partial charge in [0.15, 0.2) is 0 Å². The monoisotopic (exact) mass is 183 g/mol. The Hall–Kier alpha value is -0.0400. The first kappa shape index (κ1) is 11.0. The Bertz CT molecular complexity index is 136. The summed E-state index contributed by atoms with van der Waals surface area (Å²) in [5, 5.41) is 3.72. The number of hydrogen-bond acceptors (Lipinski definition) is 1. The molecular formula is C12H25N. The maximum atomic E-state index is 3.72. The molecule has 0 heterocycles. The van der Waals surface area contributed by atoms with Crippen LogP contribution in [-0.4, -0.2) is 12.1 Å². The van der Waals surface area contributed by atoms with Gasteiger partial charge in [0.05, 0.1) is 0 Å². The van der Waals surface area contributed by atoms with Gasteiger partial charge in [0, 0.05) is 12.1 Å². The fourth-order valence-corrected chi connectivity index (χ4v) is 2.20. The van der Waals surface area contributed by atoms with E-state index >= 15 is 0 Å². The van der Waals surface area contributed by atoms with Gasteiger partial charge in [0.25, 0.3) is 0 Å². The minimum absolute atomic E-state index is 0.663. The molecule has 0 aliphatic heterocycles. The summed E-state index contributed by atoms with van der Waals surface area (Å²) in [5.74, 6) is 1.70. The average molecular weight is 183 g/mol. The molecule has 2 atom stereocenters. The molecule has 0 saturated heterocycles. The van der Waals surface area contributed by atoms with Gasteiger partial charge in [0.2, 0.25) is 0 Å². The van der Waals surface area contributed by atoms with E-state index in [4.69, 9.17) is 0 Å². The van der Waals surface area contributed by atoms with E-state index < -0.39 is 0 Å². The molecular weight excluding hydrogens is 158 g/mol. The van der Waals surface area contributed by atoms with Gasteiger partial charge >= 0.3 is 0 Å². The van der Waals surface area contributed by atoms with Crippen LogP contribution in [0.1, 0.15) is 53.4 Å². The summed E-state index contributed by atoms with van der Waals surface area (Å²) in [7, 11) is 0. The third-order valence-corrected chi connectivity index (χ3v) is 3.63. The molecule has 1 heteroatoms. The Morgan fingerprint density at radius 1 is 1.00 bits per heavy atom. The van der Waals surface area contributed by atoms with Crippen LogP contribution >= 0.6 is 0 Å². The topological polar surface area (TPSA) is 12.0 Å². The van der Waals surface area contributed by atoms with E-state index in [1.165, 1.54) is 25.7 Å². The van der Waals surface area contributed by atoms with Crippen molar-refractivity contribution in [3.8, 4) is 0 Å². The van der Waals surface area contributed by atoms with Crippen molar-refractivity contribution in [3.63, 3.8) is 0 Å². The fraction of sp³-hybridized carbons (Fsp3) is 1.00. The van der Waals surface area contributed by atoms with Gasteiger partial charge in [-0.15, -0.1) is 0 Å². The molecule has 0 amide bonds. The molecule has 0 aromatic heterocycles. The van der Waals surface area contributed by atoms with Gasteiger partial charge in [-0.25, -0.2) is 0 Å². The van der Waals surface area contributed by atoms with Gasteiger partial charge < -0.3 is 5.32 Å². The molecule has 13 heavy (non-hydrogen) atoms. The van der Waals surface area contributed by atoms with Crippen molar-refractivity contribution in [3.05, 3.63) is 0 Å². The molecule has 0 bridgehead atoms. The summed E-state index contributed by atoms with van der Waals surface area (Å²) >= 11 is 0. The molecule has 0 aromatic rings. The molecule has 1 fully saturated rings. The Morgan fingerprint density at radius 3 is 2.00 bits per heavy atom. The third kappa shape index (κ3) is 3.30. The SMILES string of the molecule is CC(C)C(C)N[C@H](C)C1CCCC1. The zero-order valence-electron chi connectivity index (χ0n) is 9.64. The van der Waals surface area contributed by atoms with E-state index in [-0.39, 0.29) is 0 Å². The minimum Gasteiger partial charge on any atom is -0.311 e. The lowest BCUT2D eigenvalue weighted by atomic mass is 9.97.